The first-order valence-corrected chi connectivity index (χ1v) is 11.3. The Kier molecular flexibility index (Phi) is 6.66. The minimum absolute atomic E-state index is 0.184. The molecule has 1 N–H and O–H groups in total. The topological polar surface area (TPSA) is 88.3 Å². The Bertz CT molecular complexity index is 1080. The smallest absolute Gasteiger partial charge is 0.256 e. The summed E-state index contributed by atoms with van der Waals surface area (Å²) >= 11 is 1.48. The van der Waals surface area contributed by atoms with Gasteiger partial charge in [0.1, 0.15) is 0 Å². The monoisotopic (exact) mass is 436 g/mol. The van der Waals surface area contributed by atoms with E-state index in [4.69, 9.17) is 4.52 Å². The summed E-state index contributed by atoms with van der Waals surface area (Å²) in [6.45, 7) is 3.13. The number of hydrogen-bond donors (Lipinski definition) is 1. The van der Waals surface area contributed by atoms with Gasteiger partial charge in [0.25, 0.3) is 5.91 Å². The van der Waals surface area contributed by atoms with E-state index in [1.54, 1.807) is 13.0 Å². The van der Waals surface area contributed by atoms with E-state index in [0.717, 1.165) is 29.8 Å². The minimum Gasteiger partial charge on any atom is -0.338 e. The summed E-state index contributed by atoms with van der Waals surface area (Å²) in [5.41, 5.74) is 2.29. The second kappa shape index (κ2) is 9.78. The molecule has 0 aliphatic carbocycles. The number of aryl methyl sites for hydroxylation is 1. The number of nitrogens with zero attached hydrogens (tertiary/aromatic N) is 3. The molecule has 0 bridgehead atoms. The van der Waals surface area contributed by atoms with Crippen LogP contribution < -0.4 is 5.32 Å². The predicted octanol–water partition coefficient (Wildman–Crippen LogP) is 4.44. The molecule has 2 amide bonds. The lowest BCUT2D eigenvalue weighted by Crippen LogP contribution is -2.34. The normalized spacial score (nSPS) is 14.0. The highest BCUT2D eigenvalue weighted by Crippen LogP contribution is 2.27. The zero-order valence-electron chi connectivity index (χ0n) is 17.3. The van der Waals surface area contributed by atoms with Crippen LogP contribution in [-0.2, 0) is 17.1 Å². The summed E-state index contributed by atoms with van der Waals surface area (Å²) in [6, 6.07) is 15.1. The zero-order chi connectivity index (χ0) is 21.6. The number of piperidine rings is 1. The van der Waals surface area contributed by atoms with Crippen molar-refractivity contribution in [3.63, 3.8) is 0 Å². The Morgan fingerprint density at radius 3 is 2.87 bits per heavy atom. The summed E-state index contributed by atoms with van der Waals surface area (Å²) in [5.74, 6) is 1.62. The average Bonchev–Trinajstić information content (AvgIpc) is 3.19. The van der Waals surface area contributed by atoms with Crippen molar-refractivity contribution in [2.45, 2.75) is 43.4 Å². The molecule has 1 aliphatic heterocycles. The van der Waals surface area contributed by atoms with Crippen LogP contribution in [0.4, 0.5) is 5.69 Å². The van der Waals surface area contributed by atoms with Crippen LogP contribution in [0, 0.1) is 6.92 Å². The van der Waals surface area contributed by atoms with Crippen LogP contribution in [0.25, 0.3) is 0 Å². The Morgan fingerprint density at radius 1 is 1.19 bits per heavy atom. The minimum atomic E-state index is -0.184. The molecule has 0 spiro atoms. The number of benzene rings is 2. The van der Waals surface area contributed by atoms with Gasteiger partial charge >= 0.3 is 0 Å². The summed E-state index contributed by atoms with van der Waals surface area (Å²) in [7, 11) is 0. The van der Waals surface area contributed by atoms with E-state index in [0.29, 0.717) is 41.7 Å². The van der Waals surface area contributed by atoms with Crippen molar-refractivity contribution in [1.82, 2.24) is 15.0 Å². The highest BCUT2D eigenvalue weighted by molar-refractivity contribution is 7.98. The maximum absolute atomic E-state index is 13.0. The fraction of sp³-hybridized carbons (Fsp3) is 0.304. The van der Waals surface area contributed by atoms with E-state index >= 15 is 0 Å². The maximum Gasteiger partial charge on any atom is 0.256 e. The molecule has 7 nitrogen and oxygen atoms in total. The average molecular weight is 437 g/mol. The van der Waals surface area contributed by atoms with Gasteiger partial charge in [0.2, 0.25) is 11.8 Å². The number of thioether (sulfide) groups is 1. The first-order chi connectivity index (χ1) is 15.1. The molecule has 2 aromatic carbocycles. The number of anilines is 1. The number of amides is 2. The van der Waals surface area contributed by atoms with Crippen LogP contribution in [0.1, 0.15) is 46.9 Å². The fourth-order valence-corrected chi connectivity index (χ4v) is 4.40. The Morgan fingerprint density at radius 2 is 2.06 bits per heavy atom. The lowest BCUT2D eigenvalue weighted by atomic mass is 10.1. The highest BCUT2D eigenvalue weighted by Gasteiger charge is 2.18. The molecule has 8 heteroatoms. The third kappa shape index (κ3) is 5.52. The van der Waals surface area contributed by atoms with Gasteiger partial charge in [-0.2, -0.15) is 4.98 Å². The standard InChI is InChI=1S/C23H24N4O3S/c1-16-24-21(30-26-16)15-31-20-10-3-2-9-19(20)23(29)25-18-8-6-7-17(13-18)14-27-12-5-4-11-22(27)28/h2-3,6-10,13H,4-5,11-12,14-15H2,1H3,(H,25,29). The number of carbonyl (C=O) groups excluding carboxylic acids is 2. The molecule has 1 aliphatic rings. The fourth-order valence-electron chi connectivity index (χ4n) is 3.51. The summed E-state index contributed by atoms with van der Waals surface area (Å²) in [6.07, 6.45) is 2.63. The molecule has 3 aromatic rings. The van der Waals surface area contributed by atoms with Crippen LogP contribution in [0.15, 0.2) is 57.9 Å². The summed E-state index contributed by atoms with van der Waals surface area (Å²) < 4.78 is 5.15. The van der Waals surface area contributed by atoms with E-state index in [9.17, 15) is 9.59 Å². The molecule has 1 saturated heterocycles. The van der Waals surface area contributed by atoms with Gasteiger partial charge in [-0.1, -0.05) is 29.4 Å². The Hall–Kier alpha value is -3.13. The first kappa shape index (κ1) is 21.1. The van der Waals surface area contributed by atoms with Crippen molar-refractivity contribution < 1.29 is 14.1 Å². The predicted molar refractivity (Wildman–Crippen MR) is 119 cm³/mol. The van der Waals surface area contributed by atoms with Crippen molar-refractivity contribution in [1.29, 1.82) is 0 Å². The number of carbonyl (C=O) groups is 2. The van der Waals surface area contributed by atoms with Crippen molar-refractivity contribution in [2.24, 2.45) is 0 Å². The lowest BCUT2D eigenvalue weighted by Gasteiger charge is -2.26. The second-order valence-electron chi connectivity index (χ2n) is 7.45. The molecule has 31 heavy (non-hydrogen) atoms. The largest absolute Gasteiger partial charge is 0.338 e. The molecule has 0 saturated carbocycles. The van der Waals surface area contributed by atoms with E-state index in [1.807, 2.05) is 47.4 Å². The van der Waals surface area contributed by atoms with Crippen LogP contribution in [-0.4, -0.2) is 33.4 Å². The van der Waals surface area contributed by atoms with Crippen LogP contribution in [0.5, 0.6) is 0 Å². The van der Waals surface area contributed by atoms with Gasteiger partial charge in [0.05, 0.1) is 11.3 Å². The van der Waals surface area contributed by atoms with Crippen molar-refractivity contribution in [3.05, 3.63) is 71.4 Å². The van der Waals surface area contributed by atoms with E-state index in [-0.39, 0.29) is 11.8 Å². The van der Waals surface area contributed by atoms with Gasteiger partial charge in [-0.15, -0.1) is 11.8 Å². The van der Waals surface area contributed by atoms with Crippen LogP contribution >= 0.6 is 11.8 Å². The van der Waals surface area contributed by atoms with Crippen molar-refractivity contribution >= 4 is 29.3 Å². The van der Waals surface area contributed by atoms with E-state index < -0.39 is 0 Å². The number of hydrogen-bond acceptors (Lipinski definition) is 6. The molecule has 0 atom stereocenters. The molecule has 160 valence electrons. The molecular weight excluding hydrogens is 412 g/mol. The number of likely N-dealkylation sites (tertiary alicyclic amines) is 1. The molecule has 1 fully saturated rings. The highest BCUT2D eigenvalue weighted by atomic mass is 32.2. The third-order valence-corrected chi connectivity index (χ3v) is 6.09. The molecule has 0 radical (unpaired) electrons. The maximum atomic E-state index is 13.0. The Labute approximate surface area is 185 Å². The van der Waals surface area contributed by atoms with E-state index in [2.05, 4.69) is 15.5 Å². The molecular formula is C23H24N4O3S. The number of aromatic nitrogens is 2. The molecule has 1 aromatic heterocycles. The molecule has 0 unspecified atom stereocenters. The van der Waals surface area contributed by atoms with Gasteiger partial charge < -0.3 is 14.7 Å². The van der Waals surface area contributed by atoms with Crippen LogP contribution in [0.2, 0.25) is 0 Å². The first-order valence-electron chi connectivity index (χ1n) is 10.3. The lowest BCUT2D eigenvalue weighted by molar-refractivity contribution is -0.133. The van der Waals surface area contributed by atoms with Crippen LogP contribution in [0.3, 0.4) is 0 Å². The van der Waals surface area contributed by atoms with E-state index in [1.165, 1.54) is 11.8 Å². The van der Waals surface area contributed by atoms with Gasteiger partial charge in [-0.25, -0.2) is 0 Å². The summed E-state index contributed by atoms with van der Waals surface area (Å²) in [4.78, 5) is 32.0. The zero-order valence-corrected chi connectivity index (χ0v) is 18.2. The number of nitrogens with one attached hydrogen (secondary N) is 1. The van der Waals surface area contributed by atoms with Crippen molar-refractivity contribution in [3.8, 4) is 0 Å². The molecule has 2 heterocycles. The van der Waals surface area contributed by atoms with Gasteiger partial charge in [0.15, 0.2) is 5.82 Å². The van der Waals surface area contributed by atoms with Crippen molar-refractivity contribution in [2.75, 3.05) is 11.9 Å². The Balaban J connectivity index is 1.43. The van der Waals surface area contributed by atoms with Gasteiger partial charge in [-0.3, -0.25) is 9.59 Å². The quantitative estimate of drug-likeness (QED) is 0.551. The second-order valence-corrected chi connectivity index (χ2v) is 8.46. The van der Waals surface area contributed by atoms with Gasteiger partial charge in [-0.05, 0) is 49.6 Å². The SMILES string of the molecule is Cc1noc(CSc2ccccc2C(=O)Nc2cccc(CN3CCCCC3=O)c2)n1. The van der Waals surface area contributed by atoms with Gasteiger partial charge in [0, 0.05) is 30.1 Å². The molecule has 4 rings (SSSR count). The summed E-state index contributed by atoms with van der Waals surface area (Å²) in [5, 5.41) is 6.78. The number of rotatable bonds is 7. The third-order valence-electron chi connectivity index (χ3n) is 5.03.